The van der Waals surface area contributed by atoms with Gasteiger partial charge in [0.05, 0.1) is 12.1 Å². The summed E-state index contributed by atoms with van der Waals surface area (Å²) in [5.74, 6) is 0.442. The number of ketones is 1. The number of nitrogens with two attached hydrogens (primary N) is 1. The summed E-state index contributed by atoms with van der Waals surface area (Å²) in [6, 6.07) is 7.25. The van der Waals surface area contributed by atoms with Crippen LogP contribution < -0.4 is 5.73 Å². The predicted octanol–water partition coefficient (Wildman–Crippen LogP) is 2.67. The zero-order valence-electron chi connectivity index (χ0n) is 10.7. The molecule has 6 nitrogen and oxygen atoms in total. The Balaban J connectivity index is 1.78. The van der Waals surface area contributed by atoms with Gasteiger partial charge in [0, 0.05) is 10.0 Å². The molecule has 0 atom stereocenters. The molecular formula is C13H10BrN5OS. The second kappa shape index (κ2) is 5.82. The van der Waals surface area contributed by atoms with Gasteiger partial charge >= 0.3 is 0 Å². The van der Waals surface area contributed by atoms with Crippen LogP contribution in [0.3, 0.4) is 0 Å². The molecule has 0 aliphatic rings. The van der Waals surface area contributed by atoms with Gasteiger partial charge in [0.15, 0.2) is 11.4 Å². The van der Waals surface area contributed by atoms with E-state index in [0.717, 1.165) is 4.47 Å². The van der Waals surface area contributed by atoms with Crippen molar-refractivity contribution >= 4 is 50.6 Å². The number of carbonyl (C=O) groups excluding carboxylic acids is 1. The molecule has 3 aromatic rings. The highest BCUT2D eigenvalue weighted by Gasteiger charge is 2.12. The van der Waals surface area contributed by atoms with Gasteiger partial charge in [-0.1, -0.05) is 39.8 Å². The lowest BCUT2D eigenvalue weighted by Gasteiger charge is -2.03. The van der Waals surface area contributed by atoms with Crippen LogP contribution in [0.25, 0.3) is 11.2 Å². The molecule has 0 aliphatic heterocycles. The fraction of sp³-hybridized carbons (Fsp3) is 0.0769. The summed E-state index contributed by atoms with van der Waals surface area (Å²) in [6.07, 6.45) is 1.53. The molecule has 0 amide bonds. The third-order valence-electron chi connectivity index (χ3n) is 2.78. The van der Waals surface area contributed by atoms with E-state index in [2.05, 4.69) is 35.9 Å². The summed E-state index contributed by atoms with van der Waals surface area (Å²) in [6.45, 7) is 0. The van der Waals surface area contributed by atoms with Crippen LogP contribution in [0.2, 0.25) is 0 Å². The number of Topliss-reactive ketones (excluding diaryl/α,β-unsaturated/α-hetero) is 1. The summed E-state index contributed by atoms with van der Waals surface area (Å²) in [5.41, 5.74) is 7.49. The van der Waals surface area contributed by atoms with Crippen molar-refractivity contribution in [3.63, 3.8) is 0 Å². The van der Waals surface area contributed by atoms with Gasteiger partial charge in [-0.25, -0.2) is 9.97 Å². The SMILES string of the molecule is Nc1nc(SCC(=O)c2ccc(Br)cc2)c2[nH]cnc2n1. The molecule has 21 heavy (non-hydrogen) atoms. The van der Waals surface area contributed by atoms with Gasteiger partial charge in [-0.3, -0.25) is 4.79 Å². The minimum absolute atomic E-state index is 0.0253. The highest BCUT2D eigenvalue weighted by atomic mass is 79.9. The first kappa shape index (κ1) is 14.0. The summed E-state index contributed by atoms with van der Waals surface area (Å²) in [4.78, 5) is 27.3. The number of nitrogen functional groups attached to an aromatic ring is 1. The number of benzene rings is 1. The average Bonchev–Trinajstić information content (AvgIpc) is 2.93. The van der Waals surface area contributed by atoms with E-state index in [-0.39, 0.29) is 17.5 Å². The van der Waals surface area contributed by atoms with Crippen LogP contribution in [0.4, 0.5) is 5.95 Å². The lowest BCUT2D eigenvalue weighted by molar-refractivity contribution is 0.102. The number of thioether (sulfide) groups is 1. The van der Waals surface area contributed by atoms with E-state index in [0.29, 0.717) is 21.8 Å². The maximum Gasteiger partial charge on any atom is 0.223 e. The molecule has 0 saturated heterocycles. The predicted molar refractivity (Wildman–Crippen MR) is 85.3 cm³/mol. The highest BCUT2D eigenvalue weighted by molar-refractivity contribution is 9.10. The van der Waals surface area contributed by atoms with Gasteiger partial charge in [0.1, 0.15) is 10.5 Å². The van der Waals surface area contributed by atoms with Gasteiger partial charge < -0.3 is 10.7 Å². The van der Waals surface area contributed by atoms with Crippen molar-refractivity contribution in [2.75, 3.05) is 11.5 Å². The molecule has 2 heterocycles. The molecule has 0 fully saturated rings. The Morgan fingerprint density at radius 3 is 2.81 bits per heavy atom. The topological polar surface area (TPSA) is 97.5 Å². The molecule has 1 aromatic carbocycles. The first-order valence-electron chi connectivity index (χ1n) is 6.01. The smallest absolute Gasteiger partial charge is 0.223 e. The molecule has 106 valence electrons. The van der Waals surface area contributed by atoms with E-state index in [9.17, 15) is 4.79 Å². The van der Waals surface area contributed by atoms with Crippen molar-refractivity contribution in [2.24, 2.45) is 0 Å². The number of nitrogens with one attached hydrogen (secondary N) is 1. The number of H-pyrrole nitrogens is 1. The van der Waals surface area contributed by atoms with Crippen molar-refractivity contribution in [3.8, 4) is 0 Å². The molecule has 0 spiro atoms. The Kier molecular flexibility index (Phi) is 3.89. The van der Waals surface area contributed by atoms with Crippen molar-refractivity contribution in [1.29, 1.82) is 0 Å². The van der Waals surface area contributed by atoms with Gasteiger partial charge in [0.2, 0.25) is 5.95 Å². The molecule has 0 radical (unpaired) electrons. The number of aromatic nitrogens is 4. The van der Waals surface area contributed by atoms with Crippen LogP contribution in [-0.2, 0) is 0 Å². The number of anilines is 1. The molecule has 0 saturated carbocycles. The number of rotatable bonds is 4. The molecular weight excluding hydrogens is 354 g/mol. The summed E-state index contributed by atoms with van der Waals surface area (Å²) < 4.78 is 0.939. The number of imidazole rings is 1. The second-order valence-electron chi connectivity index (χ2n) is 4.21. The minimum Gasteiger partial charge on any atom is -0.368 e. The van der Waals surface area contributed by atoms with E-state index in [4.69, 9.17) is 5.73 Å². The van der Waals surface area contributed by atoms with E-state index >= 15 is 0 Å². The Morgan fingerprint density at radius 1 is 1.29 bits per heavy atom. The maximum absolute atomic E-state index is 12.2. The van der Waals surface area contributed by atoms with Gasteiger partial charge in [-0.2, -0.15) is 4.98 Å². The van der Waals surface area contributed by atoms with E-state index in [1.165, 1.54) is 18.1 Å². The van der Waals surface area contributed by atoms with Crippen molar-refractivity contribution < 1.29 is 4.79 Å². The summed E-state index contributed by atoms with van der Waals surface area (Å²) in [7, 11) is 0. The fourth-order valence-corrected chi connectivity index (χ4v) is 2.93. The summed E-state index contributed by atoms with van der Waals surface area (Å²) in [5, 5.41) is 0.625. The van der Waals surface area contributed by atoms with Gasteiger partial charge in [-0.15, -0.1) is 0 Å². The van der Waals surface area contributed by atoms with Crippen molar-refractivity contribution in [1.82, 2.24) is 19.9 Å². The maximum atomic E-state index is 12.2. The number of aromatic amines is 1. The van der Waals surface area contributed by atoms with E-state index in [1.807, 2.05) is 12.1 Å². The number of nitrogens with zero attached hydrogens (tertiary/aromatic N) is 3. The molecule has 0 unspecified atom stereocenters. The number of hydrogen-bond donors (Lipinski definition) is 2. The standard InChI is InChI=1S/C13H10BrN5OS/c14-8-3-1-7(2-4-8)9(20)5-21-12-10-11(17-6-16-10)18-13(15)19-12/h1-4,6H,5H2,(H3,15,16,17,18,19). The first-order chi connectivity index (χ1) is 10.1. The molecule has 8 heteroatoms. The molecule has 0 bridgehead atoms. The lowest BCUT2D eigenvalue weighted by Crippen LogP contribution is -2.03. The average molecular weight is 364 g/mol. The minimum atomic E-state index is 0.0253. The van der Waals surface area contributed by atoms with E-state index < -0.39 is 0 Å². The fourth-order valence-electron chi connectivity index (χ4n) is 1.78. The zero-order chi connectivity index (χ0) is 14.8. The number of halogens is 1. The molecule has 3 N–H and O–H groups in total. The van der Waals surface area contributed by atoms with Crippen LogP contribution in [-0.4, -0.2) is 31.5 Å². The number of hydrogen-bond acceptors (Lipinski definition) is 6. The second-order valence-corrected chi connectivity index (χ2v) is 6.09. The largest absolute Gasteiger partial charge is 0.368 e. The Hall–Kier alpha value is -1.93. The zero-order valence-corrected chi connectivity index (χ0v) is 13.1. The molecule has 2 aromatic heterocycles. The van der Waals surface area contributed by atoms with Crippen LogP contribution in [0.15, 0.2) is 40.1 Å². The highest BCUT2D eigenvalue weighted by Crippen LogP contribution is 2.24. The molecule has 0 aliphatic carbocycles. The third kappa shape index (κ3) is 3.06. The number of fused-ring (bicyclic) bond motifs is 1. The Labute approximate surface area is 132 Å². The van der Waals surface area contributed by atoms with Crippen molar-refractivity contribution in [2.45, 2.75) is 5.03 Å². The Morgan fingerprint density at radius 2 is 2.05 bits per heavy atom. The van der Waals surface area contributed by atoms with Crippen LogP contribution in [0.1, 0.15) is 10.4 Å². The number of carbonyl (C=O) groups is 1. The summed E-state index contributed by atoms with van der Waals surface area (Å²) >= 11 is 4.65. The lowest BCUT2D eigenvalue weighted by atomic mass is 10.2. The van der Waals surface area contributed by atoms with Crippen LogP contribution >= 0.6 is 27.7 Å². The first-order valence-corrected chi connectivity index (χ1v) is 7.79. The quantitative estimate of drug-likeness (QED) is 0.420. The van der Waals surface area contributed by atoms with Crippen LogP contribution in [0.5, 0.6) is 0 Å². The van der Waals surface area contributed by atoms with E-state index in [1.54, 1.807) is 12.1 Å². The van der Waals surface area contributed by atoms with Crippen LogP contribution in [0, 0.1) is 0 Å². The van der Waals surface area contributed by atoms with Gasteiger partial charge in [-0.05, 0) is 12.1 Å². The van der Waals surface area contributed by atoms with Gasteiger partial charge in [0.25, 0.3) is 0 Å². The third-order valence-corrected chi connectivity index (χ3v) is 4.28. The van der Waals surface area contributed by atoms with Crippen molar-refractivity contribution in [3.05, 3.63) is 40.6 Å². The Bertz CT molecular complexity index is 802. The monoisotopic (exact) mass is 363 g/mol. The molecule has 3 rings (SSSR count). The normalized spacial score (nSPS) is 10.9.